The zero-order valence-electron chi connectivity index (χ0n) is 19.9. The van der Waals surface area contributed by atoms with Crippen LogP contribution in [0.4, 0.5) is 4.79 Å². The van der Waals surface area contributed by atoms with Crippen LogP contribution in [-0.2, 0) is 20.9 Å². The molecule has 1 atom stereocenters. The van der Waals surface area contributed by atoms with Crippen molar-refractivity contribution >= 4 is 61.7 Å². The first-order valence-electron chi connectivity index (χ1n) is 11.2. The van der Waals surface area contributed by atoms with E-state index in [4.69, 9.17) is 14.2 Å². The monoisotopic (exact) mass is 569 g/mol. The number of carbonyl (C=O) groups is 3. The average Bonchev–Trinajstić information content (AvgIpc) is 3.15. The van der Waals surface area contributed by atoms with Crippen molar-refractivity contribution in [2.45, 2.75) is 26.5 Å². The van der Waals surface area contributed by atoms with Gasteiger partial charge in [-0.15, -0.1) is 0 Å². The summed E-state index contributed by atoms with van der Waals surface area (Å²) < 4.78 is 17.3. The van der Waals surface area contributed by atoms with Gasteiger partial charge in [-0.1, -0.05) is 58.4 Å². The van der Waals surface area contributed by atoms with Gasteiger partial charge in [-0.05, 0) is 65.7 Å². The number of hydrogen-bond donors (Lipinski definition) is 0. The van der Waals surface area contributed by atoms with Crippen LogP contribution in [0, 0.1) is 0 Å². The molecule has 7 nitrogen and oxygen atoms in total. The third-order valence-corrected chi connectivity index (χ3v) is 7.24. The molecule has 1 heterocycles. The fraction of sp³-hybridized carbons (Fsp3) is 0.222. The van der Waals surface area contributed by atoms with E-state index in [1.807, 2.05) is 24.3 Å². The molecular weight excluding hydrogens is 546 g/mol. The molecule has 0 radical (unpaired) electrons. The Kier molecular flexibility index (Phi) is 8.01. The van der Waals surface area contributed by atoms with E-state index in [1.165, 1.54) is 14.0 Å². The Balaban J connectivity index is 1.57. The first kappa shape index (κ1) is 25.8. The lowest BCUT2D eigenvalue weighted by molar-refractivity contribution is -0.150. The maximum absolute atomic E-state index is 12.9. The molecular formula is C27H24BrNO6S. The van der Waals surface area contributed by atoms with E-state index in [0.717, 1.165) is 33.0 Å². The van der Waals surface area contributed by atoms with E-state index in [2.05, 4.69) is 34.1 Å². The molecule has 4 rings (SSSR count). The summed E-state index contributed by atoms with van der Waals surface area (Å²) in [6.45, 7) is 3.64. The van der Waals surface area contributed by atoms with Crippen LogP contribution in [0.25, 0.3) is 16.8 Å². The highest BCUT2D eigenvalue weighted by Crippen LogP contribution is 2.39. The minimum atomic E-state index is -1.01. The number of methoxy groups -OCH3 is 1. The number of benzene rings is 3. The van der Waals surface area contributed by atoms with Gasteiger partial charge >= 0.3 is 5.97 Å². The molecule has 0 unspecified atom stereocenters. The molecule has 1 saturated heterocycles. The highest BCUT2D eigenvalue weighted by atomic mass is 79.9. The van der Waals surface area contributed by atoms with Crippen LogP contribution >= 0.6 is 27.7 Å². The number of rotatable bonds is 8. The summed E-state index contributed by atoms with van der Waals surface area (Å²) >= 11 is 4.31. The van der Waals surface area contributed by atoms with Crippen LogP contribution in [-0.4, -0.2) is 41.8 Å². The summed E-state index contributed by atoms with van der Waals surface area (Å²) in [4.78, 5) is 38.6. The van der Waals surface area contributed by atoms with Gasteiger partial charge in [0.1, 0.15) is 12.6 Å². The zero-order chi connectivity index (χ0) is 25.8. The maximum atomic E-state index is 12.9. The van der Waals surface area contributed by atoms with E-state index >= 15 is 0 Å². The van der Waals surface area contributed by atoms with Gasteiger partial charge in [-0.3, -0.25) is 14.5 Å². The lowest BCUT2D eigenvalue weighted by atomic mass is 10.1. The van der Waals surface area contributed by atoms with Crippen molar-refractivity contribution in [1.82, 2.24) is 4.90 Å². The predicted octanol–water partition coefficient (Wildman–Crippen LogP) is 6.18. The fourth-order valence-electron chi connectivity index (χ4n) is 3.83. The summed E-state index contributed by atoms with van der Waals surface area (Å²) in [6, 6.07) is 16.7. The van der Waals surface area contributed by atoms with Crippen molar-refractivity contribution in [3.8, 4) is 11.5 Å². The molecule has 1 aliphatic heterocycles. The van der Waals surface area contributed by atoms with Crippen molar-refractivity contribution in [1.29, 1.82) is 0 Å². The molecule has 9 heteroatoms. The molecule has 0 aliphatic carbocycles. The van der Waals surface area contributed by atoms with Gasteiger partial charge in [-0.25, -0.2) is 4.79 Å². The summed E-state index contributed by atoms with van der Waals surface area (Å²) in [6.07, 6.45) is 1.59. The molecule has 0 saturated carbocycles. The SMILES string of the molecule is CCOC(=O)[C@H](C)N1C(=O)S/C(=C\c2cc(OC)c(OCc3cccc4ccccc34)cc2Br)C1=O. The van der Waals surface area contributed by atoms with Gasteiger partial charge in [-0.2, -0.15) is 0 Å². The van der Waals surface area contributed by atoms with E-state index < -0.39 is 23.2 Å². The molecule has 0 bridgehead atoms. The standard InChI is InChI=1S/C27H24BrNO6S/c1-4-34-26(31)16(2)29-25(30)24(36-27(29)32)13-19-12-22(33-3)23(14-21(19)28)35-15-18-10-7-9-17-8-5-6-11-20(17)18/h5-14,16H,4,15H2,1-3H3/b24-13-/t16-/m0/s1. The van der Waals surface area contributed by atoms with Crippen molar-refractivity contribution in [3.05, 3.63) is 75.1 Å². The maximum Gasteiger partial charge on any atom is 0.329 e. The number of esters is 1. The predicted molar refractivity (Wildman–Crippen MR) is 143 cm³/mol. The molecule has 186 valence electrons. The molecule has 36 heavy (non-hydrogen) atoms. The Hall–Kier alpha value is -3.30. The normalized spacial score (nSPS) is 15.4. The minimum Gasteiger partial charge on any atom is -0.493 e. The number of ether oxygens (including phenoxy) is 3. The largest absolute Gasteiger partial charge is 0.493 e. The van der Waals surface area contributed by atoms with Gasteiger partial charge in [0.25, 0.3) is 11.1 Å². The Morgan fingerprint density at radius 1 is 1.11 bits per heavy atom. The third kappa shape index (κ3) is 5.27. The van der Waals surface area contributed by atoms with Crippen LogP contribution in [0.1, 0.15) is 25.0 Å². The van der Waals surface area contributed by atoms with Crippen molar-refractivity contribution in [3.63, 3.8) is 0 Å². The fourth-order valence-corrected chi connectivity index (χ4v) is 5.17. The van der Waals surface area contributed by atoms with Gasteiger partial charge in [0.05, 0.1) is 18.6 Å². The van der Waals surface area contributed by atoms with Gasteiger partial charge in [0.15, 0.2) is 11.5 Å². The van der Waals surface area contributed by atoms with Gasteiger partial charge in [0.2, 0.25) is 0 Å². The van der Waals surface area contributed by atoms with E-state index in [1.54, 1.807) is 25.1 Å². The Bertz CT molecular complexity index is 1370. The summed E-state index contributed by atoms with van der Waals surface area (Å²) in [7, 11) is 1.53. The van der Waals surface area contributed by atoms with Crippen molar-refractivity contribution < 1.29 is 28.6 Å². The quantitative estimate of drug-likeness (QED) is 0.236. The second-order valence-electron chi connectivity index (χ2n) is 7.93. The summed E-state index contributed by atoms with van der Waals surface area (Å²) in [5.74, 6) is -0.174. The first-order chi connectivity index (χ1) is 17.3. The van der Waals surface area contributed by atoms with Crippen LogP contribution in [0.15, 0.2) is 64.0 Å². The number of carbonyl (C=O) groups excluding carboxylic acids is 3. The van der Waals surface area contributed by atoms with Crippen molar-refractivity contribution in [2.75, 3.05) is 13.7 Å². The van der Waals surface area contributed by atoms with E-state index in [0.29, 0.717) is 28.1 Å². The Morgan fingerprint density at radius 3 is 2.61 bits per heavy atom. The summed E-state index contributed by atoms with van der Waals surface area (Å²) in [5.41, 5.74) is 1.67. The van der Waals surface area contributed by atoms with Gasteiger partial charge < -0.3 is 14.2 Å². The second-order valence-corrected chi connectivity index (χ2v) is 9.78. The van der Waals surface area contributed by atoms with E-state index in [9.17, 15) is 14.4 Å². The number of fused-ring (bicyclic) bond motifs is 1. The lowest BCUT2D eigenvalue weighted by Gasteiger charge is -2.19. The number of nitrogens with zero attached hydrogens (tertiary/aromatic N) is 1. The summed E-state index contributed by atoms with van der Waals surface area (Å²) in [5, 5.41) is 1.72. The van der Waals surface area contributed by atoms with Gasteiger partial charge in [0, 0.05) is 4.47 Å². The zero-order valence-corrected chi connectivity index (χ0v) is 22.4. The third-order valence-electron chi connectivity index (χ3n) is 5.67. The first-order valence-corrected chi connectivity index (χ1v) is 12.9. The van der Waals surface area contributed by atoms with Crippen LogP contribution in [0.5, 0.6) is 11.5 Å². The smallest absolute Gasteiger partial charge is 0.329 e. The second kappa shape index (κ2) is 11.2. The number of thioether (sulfide) groups is 1. The lowest BCUT2D eigenvalue weighted by Crippen LogP contribution is -2.42. The molecule has 2 amide bonds. The van der Waals surface area contributed by atoms with Crippen LogP contribution in [0.2, 0.25) is 0 Å². The number of hydrogen-bond acceptors (Lipinski definition) is 7. The molecule has 0 N–H and O–H groups in total. The number of halogens is 1. The molecule has 0 spiro atoms. The number of imide groups is 1. The highest BCUT2D eigenvalue weighted by molar-refractivity contribution is 9.10. The van der Waals surface area contributed by atoms with E-state index in [-0.39, 0.29) is 11.5 Å². The molecule has 1 aliphatic rings. The van der Waals surface area contributed by atoms with Crippen LogP contribution < -0.4 is 9.47 Å². The number of amides is 2. The highest BCUT2D eigenvalue weighted by Gasteiger charge is 2.41. The Morgan fingerprint density at radius 2 is 1.86 bits per heavy atom. The van der Waals surface area contributed by atoms with Crippen LogP contribution in [0.3, 0.4) is 0 Å². The minimum absolute atomic E-state index is 0.164. The topological polar surface area (TPSA) is 82.1 Å². The van der Waals surface area contributed by atoms with Crippen molar-refractivity contribution in [2.24, 2.45) is 0 Å². The molecule has 0 aromatic heterocycles. The molecule has 3 aromatic rings. The average molecular weight is 570 g/mol. The molecule has 1 fully saturated rings. The Labute approximate surface area is 221 Å². The molecule has 3 aromatic carbocycles.